The molecule has 3 aromatic rings. The first kappa shape index (κ1) is 25.4. The standard InChI is InChI=1S/C28H39N7O2/c1-4-37-24-7-5-6-22(16-24)19-35-27-25(17-31-35)26(29-20-30-27)33-12-14-34(15-13-33)28(36)23-10-8-21(9-11-23)18-32(2)3/h5-7,16-17,20-21,23H,4,8-15,18-19H2,1-3H3. The zero-order valence-electron chi connectivity index (χ0n) is 22.3. The predicted octanol–water partition coefficient (Wildman–Crippen LogP) is 3.29. The molecule has 1 aromatic carbocycles. The number of rotatable bonds is 8. The van der Waals surface area contributed by atoms with E-state index in [0.29, 0.717) is 19.1 Å². The molecule has 9 nitrogen and oxygen atoms in total. The first-order chi connectivity index (χ1) is 18.0. The molecule has 1 saturated carbocycles. The van der Waals surface area contributed by atoms with Crippen LogP contribution >= 0.6 is 0 Å². The monoisotopic (exact) mass is 505 g/mol. The van der Waals surface area contributed by atoms with E-state index in [0.717, 1.165) is 92.5 Å². The van der Waals surface area contributed by atoms with Crippen LogP contribution < -0.4 is 9.64 Å². The SMILES string of the molecule is CCOc1cccc(Cn2ncc3c(N4CCN(C(=O)C5CCC(CN(C)C)CC5)CC4)ncnc32)c1. The summed E-state index contributed by atoms with van der Waals surface area (Å²) < 4.78 is 7.56. The van der Waals surface area contributed by atoms with E-state index >= 15 is 0 Å². The lowest BCUT2D eigenvalue weighted by Crippen LogP contribution is -2.51. The summed E-state index contributed by atoms with van der Waals surface area (Å²) in [5, 5.41) is 5.58. The maximum atomic E-state index is 13.2. The number of fused-ring (bicyclic) bond motifs is 1. The van der Waals surface area contributed by atoms with E-state index < -0.39 is 0 Å². The minimum absolute atomic E-state index is 0.190. The number of nitrogens with zero attached hydrogens (tertiary/aromatic N) is 7. The fourth-order valence-electron chi connectivity index (χ4n) is 5.83. The molecule has 2 aliphatic rings. The van der Waals surface area contributed by atoms with Crippen molar-refractivity contribution in [3.8, 4) is 5.75 Å². The van der Waals surface area contributed by atoms with Gasteiger partial charge in [-0.15, -0.1) is 0 Å². The summed E-state index contributed by atoms with van der Waals surface area (Å²) in [4.78, 5) is 29.0. The number of aromatic nitrogens is 4. The van der Waals surface area contributed by atoms with E-state index in [-0.39, 0.29) is 5.92 Å². The molecular formula is C28H39N7O2. The van der Waals surface area contributed by atoms with Gasteiger partial charge in [0.25, 0.3) is 0 Å². The first-order valence-corrected chi connectivity index (χ1v) is 13.6. The van der Waals surface area contributed by atoms with Crippen LogP contribution in [0.25, 0.3) is 11.0 Å². The molecule has 1 aliphatic carbocycles. The summed E-state index contributed by atoms with van der Waals surface area (Å²) in [6.07, 6.45) is 7.85. The molecule has 0 bridgehead atoms. The Hall–Kier alpha value is -3.20. The van der Waals surface area contributed by atoms with Crippen molar-refractivity contribution < 1.29 is 9.53 Å². The molecule has 1 saturated heterocycles. The highest BCUT2D eigenvalue weighted by molar-refractivity contribution is 5.87. The van der Waals surface area contributed by atoms with Crippen LogP contribution in [0.4, 0.5) is 5.82 Å². The van der Waals surface area contributed by atoms with Crippen molar-refractivity contribution in [1.29, 1.82) is 0 Å². The van der Waals surface area contributed by atoms with Crippen LogP contribution in [-0.2, 0) is 11.3 Å². The minimum atomic E-state index is 0.190. The average Bonchev–Trinajstić information content (AvgIpc) is 3.32. The molecule has 37 heavy (non-hydrogen) atoms. The number of benzene rings is 1. The molecule has 2 fully saturated rings. The molecule has 9 heteroatoms. The maximum Gasteiger partial charge on any atom is 0.225 e. The number of anilines is 1. The molecule has 1 aliphatic heterocycles. The molecule has 0 atom stereocenters. The molecular weight excluding hydrogens is 466 g/mol. The summed E-state index contributed by atoms with van der Waals surface area (Å²) in [5.74, 6) is 3.02. The topological polar surface area (TPSA) is 79.6 Å². The Morgan fingerprint density at radius 1 is 1.08 bits per heavy atom. The number of amides is 1. The zero-order chi connectivity index (χ0) is 25.8. The van der Waals surface area contributed by atoms with Crippen molar-refractivity contribution in [3.63, 3.8) is 0 Å². The van der Waals surface area contributed by atoms with Gasteiger partial charge in [0.15, 0.2) is 5.65 Å². The molecule has 0 spiro atoms. The lowest BCUT2D eigenvalue weighted by atomic mass is 9.81. The molecule has 0 unspecified atom stereocenters. The van der Waals surface area contributed by atoms with E-state index in [9.17, 15) is 4.79 Å². The van der Waals surface area contributed by atoms with Gasteiger partial charge in [-0.25, -0.2) is 14.6 Å². The summed E-state index contributed by atoms with van der Waals surface area (Å²) >= 11 is 0. The highest BCUT2D eigenvalue weighted by Gasteiger charge is 2.31. The third-order valence-corrected chi connectivity index (χ3v) is 7.66. The molecule has 2 aromatic heterocycles. The smallest absolute Gasteiger partial charge is 0.225 e. The Morgan fingerprint density at radius 2 is 1.86 bits per heavy atom. The molecule has 5 rings (SSSR count). The molecule has 1 amide bonds. The van der Waals surface area contributed by atoms with Crippen LogP contribution in [0.3, 0.4) is 0 Å². The Balaban J connectivity index is 1.21. The van der Waals surface area contributed by atoms with Crippen molar-refractivity contribution >= 4 is 22.8 Å². The van der Waals surface area contributed by atoms with Gasteiger partial charge in [-0.05, 0) is 70.3 Å². The van der Waals surface area contributed by atoms with Crippen LogP contribution in [0.1, 0.15) is 38.2 Å². The van der Waals surface area contributed by atoms with Crippen LogP contribution in [0.5, 0.6) is 5.75 Å². The molecule has 3 heterocycles. The number of piperazine rings is 1. The maximum absolute atomic E-state index is 13.2. The number of hydrogen-bond donors (Lipinski definition) is 0. The van der Waals surface area contributed by atoms with Crippen molar-refractivity contribution in [2.75, 3.05) is 58.3 Å². The number of ether oxygens (including phenoxy) is 1. The van der Waals surface area contributed by atoms with Crippen LogP contribution in [0, 0.1) is 11.8 Å². The fraction of sp³-hybridized carbons (Fsp3) is 0.571. The number of hydrogen-bond acceptors (Lipinski definition) is 7. The predicted molar refractivity (Wildman–Crippen MR) is 145 cm³/mol. The van der Waals surface area contributed by atoms with Crippen molar-refractivity contribution in [2.45, 2.75) is 39.2 Å². The largest absolute Gasteiger partial charge is 0.494 e. The summed E-state index contributed by atoms with van der Waals surface area (Å²) in [7, 11) is 4.27. The van der Waals surface area contributed by atoms with E-state index in [1.807, 2.05) is 36.0 Å². The second-order valence-electron chi connectivity index (χ2n) is 10.6. The van der Waals surface area contributed by atoms with Gasteiger partial charge in [0.05, 0.1) is 24.7 Å². The lowest BCUT2D eigenvalue weighted by molar-refractivity contribution is -0.137. The third-order valence-electron chi connectivity index (χ3n) is 7.66. The average molecular weight is 506 g/mol. The highest BCUT2D eigenvalue weighted by Crippen LogP contribution is 2.31. The molecule has 198 valence electrons. The van der Waals surface area contributed by atoms with Gasteiger partial charge in [0.2, 0.25) is 5.91 Å². The summed E-state index contributed by atoms with van der Waals surface area (Å²) in [6, 6.07) is 8.09. The van der Waals surface area contributed by atoms with E-state index in [1.165, 1.54) is 0 Å². The Kier molecular flexibility index (Phi) is 7.88. The normalized spacial score (nSPS) is 20.5. The third kappa shape index (κ3) is 5.87. The van der Waals surface area contributed by atoms with Crippen LogP contribution in [0.2, 0.25) is 0 Å². The van der Waals surface area contributed by atoms with Gasteiger partial charge >= 0.3 is 0 Å². The quantitative estimate of drug-likeness (QED) is 0.465. The van der Waals surface area contributed by atoms with Gasteiger partial charge in [-0.1, -0.05) is 12.1 Å². The Bertz CT molecular complexity index is 1190. The van der Waals surface area contributed by atoms with Gasteiger partial charge < -0.3 is 19.4 Å². The zero-order valence-corrected chi connectivity index (χ0v) is 22.3. The molecule has 0 radical (unpaired) electrons. The van der Waals surface area contributed by atoms with E-state index in [1.54, 1.807) is 6.33 Å². The Labute approximate surface area is 219 Å². The van der Waals surface area contributed by atoms with Crippen LogP contribution in [-0.4, -0.2) is 88.9 Å². The number of carbonyl (C=O) groups is 1. The lowest BCUT2D eigenvalue weighted by Gasteiger charge is -2.38. The summed E-state index contributed by atoms with van der Waals surface area (Å²) in [6.45, 7) is 7.38. The van der Waals surface area contributed by atoms with E-state index in [2.05, 4.69) is 49.9 Å². The number of carbonyl (C=O) groups excluding carboxylic acids is 1. The summed E-state index contributed by atoms with van der Waals surface area (Å²) in [5.41, 5.74) is 1.93. The van der Waals surface area contributed by atoms with Gasteiger partial charge in [-0.2, -0.15) is 5.10 Å². The van der Waals surface area contributed by atoms with Crippen molar-refractivity contribution in [2.24, 2.45) is 11.8 Å². The molecule has 0 N–H and O–H groups in total. The van der Waals surface area contributed by atoms with Crippen molar-refractivity contribution in [3.05, 3.63) is 42.4 Å². The van der Waals surface area contributed by atoms with Gasteiger partial charge in [0.1, 0.15) is 17.9 Å². The van der Waals surface area contributed by atoms with Gasteiger partial charge in [-0.3, -0.25) is 4.79 Å². The highest BCUT2D eigenvalue weighted by atomic mass is 16.5. The first-order valence-electron chi connectivity index (χ1n) is 13.6. The van der Waals surface area contributed by atoms with Gasteiger partial charge in [0, 0.05) is 38.6 Å². The minimum Gasteiger partial charge on any atom is -0.494 e. The van der Waals surface area contributed by atoms with Crippen LogP contribution in [0.15, 0.2) is 36.8 Å². The van der Waals surface area contributed by atoms with Crippen molar-refractivity contribution in [1.82, 2.24) is 29.5 Å². The fourth-order valence-corrected chi connectivity index (χ4v) is 5.83. The second kappa shape index (κ2) is 11.5. The second-order valence-corrected chi connectivity index (χ2v) is 10.6. The van der Waals surface area contributed by atoms with E-state index in [4.69, 9.17) is 4.74 Å². The Morgan fingerprint density at radius 3 is 2.59 bits per heavy atom.